The summed E-state index contributed by atoms with van der Waals surface area (Å²) in [6.45, 7) is 7.38. The van der Waals surface area contributed by atoms with Crippen LogP contribution in [0.25, 0.3) is 10.9 Å². The number of amides is 1. The van der Waals surface area contributed by atoms with E-state index in [1.54, 1.807) is 11.8 Å². The van der Waals surface area contributed by atoms with Crippen molar-refractivity contribution in [2.45, 2.75) is 13.8 Å². The average Bonchev–Trinajstić information content (AvgIpc) is 3.03. The Hall–Kier alpha value is -3.02. The van der Waals surface area contributed by atoms with Crippen molar-refractivity contribution >= 4 is 22.5 Å². The van der Waals surface area contributed by atoms with Crippen LogP contribution < -0.4 is 9.64 Å². The van der Waals surface area contributed by atoms with Gasteiger partial charge in [-0.1, -0.05) is 12.1 Å². The molecule has 1 aliphatic rings. The first kappa shape index (κ1) is 18.3. The van der Waals surface area contributed by atoms with Gasteiger partial charge in [0, 0.05) is 44.5 Å². The molecule has 0 N–H and O–H groups in total. The minimum Gasteiger partial charge on any atom is -0.481 e. The lowest BCUT2D eigenvalue weighted by molar-refractivity contribution is 0.0747. The van der Waals surface area contributed by atoms with E-state index in [2.05, 4.69) is 42.0 Å². The number of fused-ring (bicyclic) bond motifs is 1. The molecule has 2 heterocycles. The summed E-state index contributed by atoms with van der Waals surface area (Å²) in [5.74, 6) is 0.767. The van der Waals surface area contributed by atoms with E-state index in [9.17, 15) is 4.79 Å². The number of methoxy groups -OCH3 is 1. The van der Waals surface area contributed by atoms with Crippen molar-refractivity contribution in [1.29, 1.82) is 0 Å². The third-order valence-electron chi connectivity index (χ3n) is 5.49. The zero-order valence-electron chi connectivity index (χ0n) is 16.9. The van der Waals surface area contributed by atoms with Gasteiger partial charge in [0.2, 0.25) is 5.88 Å². The Balaban J connectivity index is 1.49. The summed E-state index contributed by atoms with van der Waals surface area (Å²) in [6, 6.07) is 12.2. The Kier molecular flexibility index (Phi) is 4.71. The number of piperazine rings is 1. The van der Waals surface area contributed by atoms with Crippen LogP contribution in [0.1, 0.15) is 21.5 Å². The van der Waals surface area contributed by atoms with Gasteiger partial charge in [0.05, 0.1) is 18.0 Å². The van der Waals surface area contributed by atoms with Crippen molar-refractivity contribution < 1.29 is 9.53 Å². The summed E-state index contributed by atoms with van der Waals surface area (Å²) in [7, 11) is 3.47. The zero-order chi connectivity index (χ0) is 19.8. The molecule has 0 aliphatic carbocycles. The van der Waals surface area contributed by atoms with E-state index in [1.165, 1.54) is 16.8 Å². The largest absolute Gasteiger partial charge is 0.481 e. The first-order valence-corrected chi connectivity index (χ1v) is 9.60. The van der Waals surface area contributed by atoms with Crippen LogP contribution in [0, 0.1) is 13.8 Å². The number of ether oxygens (including phenoxy) is 1. The van der Waals surface area contributed by atoms with Gasteiger partial charge in [0.25, 0.3) is 5.91 Å². The zero-order valence-corrected chi connectivity index (χ0v) is 16.9. The quantitative estimate of drug-likeness (QED) is 0.703. The van der Waals surface area contributed by atoms with Crippen molar-refractivity contribution in [2.24, 2.45) is 7.05 Å². The molecule has 2 aromatic carbocycles. The van der Waals surface area contributed by atoms with Crippen LogP contribution in [0.5, 0.6) is 5.88 Å². The second-order valence-electron chi connectivity index (χ2n) is 7.43. The van der Waals surface area contributed by atoms with Gasteiger partial charge in [0.15, 0.2) is 0 Å². The molecule has 1 aliphatic heterocycles. The molecule has 146 valence electrons. The second-order valence-corrected chi connectivity index (χ2v) is 7.43. The molecule has 1 amide bonds. The van der Waals surface area contributed by atoms with E-state index in [0.29, 0.717) is 11.4 Å². The molecule has 3 aromatic rings. The summed E-state index contributed by atoms with van der Waals surface area (Å²) in [5.41, 5.74) is 5.26. The van der Waals surface area contributed by atoms with Gasteiger partial charge in [-0.3, -0.25) is 4.79 Å². The topological polar surface area (TPSA) is 50.6 Å². The van der Waals surface area contributed by atoms with Crippen molar-refractivity contribution in [3.63, 3.8) is 0 Å². The standard InChI is InChI=1S/C22H26N4O2/c1-15-5-6-16(2)20(13-15)25-9-11-26(12-10-25)21(27)17-7-8-18-19(14-17)23-24(3)22(18)28-4/h5-8,13-14H,9-12H2,1-4H3. The molecule has 1 aromatic heterocycles. The fourth-order valence-electron chi connectivity index (χ4n) is 3.94. The number of rotatable bonds is 3. The minimum atomic E-state index is 0.0622. The predicted molar refractivity (Wildman–Crippen MR) is 111 cm³/mol. The fourth-order valence-corrected chi connectivity index (χ4v) is 3.94. The van der Waals surface area contributed by atoms with Crippen LogP contribution in [-0.2, 0) is 7.05 Å². The Labute approximate surface area is 165 Å². The van der Waals surface area contributed by atoms with Crippen molar-refractivity contribution in [1.82, 2.24) is 14.7 Å². The van der Waals surface area contributed by atoms with Gasteiger partial charge in [0.1, 0.15) is 0 Å². The summed E-state index contributed by atoms with van der Waals surface area (Å²) < 4.78 is 7.08. The van der Waals surface area contributed by atoms with Gasteiger partial charge >= 0.3 is 0 Å². The lowest BCUT2D eigenvalue weighted by atomic mass is 10.1. The monoisotopic (exact) mass is 378 g/mol. The average molecular weight is 378 g/mol. The molecule has 6 heteroatoms. The summed E-state index contributed by atoms with van der Waals surface area (Å²) in [5, 5.41) is 5.37. The highest BCUT2D eigenvalue weighted by atomic mass is 16.5. The second kappa shape index (κ2) is 7.19. The number of carbonyl (C=O) groups excluding carboxylic acids is 1. The van der Waals surface area contributed by atoms with Crippen LogP contribution in [0.15, 0.2) is 36.4 Å². The lowest BCUT2D eigenvalue weighted by Gasteiger charge is -2.37. The third kappa shape index (κ3) is 3.19. The molecule has 4 rings (SSSR count). The molecule has 6 nitrogen and oxygen atoms in total. The maximum atomic E-state index is 13.0. The number of hydrogen-bond acceptors (Lipinski definition) is 4. The van der Waals surface area contributed by atoms with E-state index >= 15 is 0 Å². The molecule has 28 heavy (non-hydrogen) atoms. The first-order chi connectivity index (χ1) is 13.5. The molecule has 0 radical (unpaired) electrons. The van der Waals surface area contributed by atoms with Gasteiger partial charge in [-0.25, -0.2) is 4.68 Å². The predicted octanol–water partition coefficient (Wildman–Crippen LogP) is 3.16. The van der Waals surface area contributed by atoms with Crippen molar-refractivity contribution in [3.8, 4) is 5.88 Å². The van der Waals surface area contributed by atoms with E-state index in [1.807, 2.05) is 30.1 Å². The molecular weight excluding hydrogens is 352 g/mol. The van der Waals surface area contributed by atoms with E-state index in [-0.39, 0.29) is 5.91 Å². The number of aromatic nitrogens is 2. The van der Waals surface area contributed by atoms with Crippen LogP contribution in [-0.4, -0.2) is 53.9 Å². The molecule has 1 saturated heterocycles. The lowest BCUT2D eigenvalue weighted by Crippen LogP contribution is -2.49. The maximum Gasteiger partial charge on any atom is 0.254 e. The van der Waals surface area contributed by atoms with Crippen molar-refractivity contribution in [3.05, 3.63) is 53.1 Å². The summed E-state index contributed by atoms with van der Waals surface area (Å²) in [6.07, 6.45) is 0. The number of anilines is 1. The Morgan fingerprint density at radius 1 is 1.04 bits per heavy atom. The van der Waals surface area contributed by atoms with Gasteiger partial charge in [-0.2, -0.15) is 5.10 Å². The highest BCUT2D eigenvalue weighted by Gasteiger charge is 2.24. The molecule has 0 atom stereocenters. The van der Waals surface area contributed by atoms with Crippen LogP contribution in [0.3, 0.4) is 0 Å². The molecule has 0 unspecified atom stereocenters. The summed E-state index contributed by atoms with van der Waals surface area (Å²) in [4.78, 5) is 17.3. The molecule has 0 saturated carbocycles. The first-order valence-electron chi connectivity index (χ1n) is 9.60. The van der Waals surface area contributed by atoms with Gasteiger partial charge in [-0.15, -0.1) is 0 Å². The SMILES string of the molecule is COc1c2ccc(C(=O)N3CCN(c4cc(C)ccc4C)CC3)cc2nn1C. The fraction of sp³-hybridized carbons (Fsp3) is 0.364. The van der Waals surface area contributed by atoms with Gasteiger partial charge < -0.3 is 14.5 Å². The smallest absolute Gasteiger partial charge is 0.254 e. The van der Waals surface area contributed by atoms with E-state index in [0.717, 1.165) is 37.1 Å². The van der Waals surface area contributed by atoms with Crippen molar-refractivity contribution in [2.75, 3.05) is 38.2 Å². The number of nitrogens with zero attached hydrogens (tertiary/aromatic N) is 4. The molecule has 0 spiro atoms. The molecule has 0 bridgehead atoms. The minimum absolute atomic E-state index is 0.0622. The molecular formula is C22H26N4O2. The van der Waals surface area contributed by atoms with Crippen LogP contribution >= 0.6 is 0 Å². The Bertz CT molecular complexity index is 1030. The van der Waals surface area contributed by atoms with E-state index in [4.69, 9.17) is 4.74 Å². The van der Waals surface area contributed by atoms with Crippen LogP contribution in [0.4, 0.5) is 5.69 Å². The number of carbonyl (C=O) groups is 1. The van der Waals surface area contributed by atoms with Gasteiger partial charge in [-0.05, 0) is 49.2 Å². The Morgan fingerprint density at radius 2 is 1.79 bits per heavy atom. The third-order valence-corrected chi connectivity index (χ3v) is 5.49. The van der Waals surface area contributed by atoms with Crippen LogP contribution in [0.2, 0.25) is 0 Å². The normalized spacial score (nSPS) is 14.6. The molecule has 1 fully saturated rings. The number of hydrogen-bond donors (Lipinski definition) is 0. The van der Waals surface area contributed by atoms with E-state index < -0.39 is 0 Å². The highest BCUT2D eigenvalue weighted by molar-refractivity contribution is 5.98. The summed E-state index contributed by atoms with van der Waals surface area (Å²) >= 11 is 0. The highest BCUT2D eigenvalue weighted by Crippen LogP contribution is 2.27. The Morgan fingerprint density at radius 3 is 2.50 bits per heavy atom. The maximum absolute atomic E-state index is 13.0. The number of benzene rings is 2. The number of aryl methyl sites for hydroxylation is 3.